The summed E-state index contributed by atoms with van der Waals surface area (Å²) in [5.41, 5.74) is 0. The molecule has 1 aromatic heterocycles. The summed E-state index contributed by atoms with van der Waals surface area (Å²) >= 11 is 6.01. The van der Waals surface area contributed by atoms with Crippen LogP contribution in [0.1, 0.15) is 12.8 Å². The summed E-state index contributed by atoms with van der Waals surface area (Å²) in [7, 11) is 0. The van der Waals surface area contributed by atoms with E-state index in [-0.39, 0.29) is 29.5 Å². The van der Waals surface area contributed by atoms with Crippen molar-refractivity contribution in [3.8, 4) is 0 Å². The van der Waals surface area contributed by atoms with Crippen molar-refractivity contribution < 1.29 is 9.59 Å². The zero-order valence-electron chi connectivity index (χ0n) is 9.54. The number of allylic oxidation sites excluding steroid dienone is 2. The minimum absolute atomic E-state index is 0.185. The third kappa shape index (κ3) is 1.56. The van der Waals surface area contributed by atoms with Crippen LogP contribution in [-0.2, 0) is 9.59 Å². The van der Waals surface area contributed by atoms with E-state index < -0.39 is 0 Å². The Kier molecular flexibility index (Phi) is 2.67. The van der Waals surface area contributed by atoms with Crippen LogP contribution >= 0.6 is 11.6 Å². The van der Waals surface area contributed by atoms with E-state index in [0.717, 1.165) is 4.90 Å². The van der Waals surface area contributed by atoms with E-state index in [9.17, 15) is 9.59 Å². The summed E-state index contributed by atoms with van der Waals surface area (Å²) in [6, 6.07) is 3.30. The highest BCUT2D eigenvalue weighted by molar-refractivity contribution is 6.35. The van der Waals surface area contributed by atoms with Crippen molar-refractivity contribution in [2.24, 2.45) is 11.8 Å². The first-order chi connectivity index (χ1) is 8.70. The predicted molar refractivity (Wildman–Crippen MR) is 67.1 cm³/mol. The molecule has 0 bridgehead atoms. The zero-order valence-corrected chi connectivity index (χ0v) is 10.3. The maximum Gasteiger partial charge on any atom is 0.239 e. The molecule has 0 spiro atoms. The molecule has 1 fully saturated rings. The molecule has 0 aromatic carbocycles. The van der Waals surface area contributed by atoms with Gasteiger partial charge in [0.15, 0.2) is 5.82 Å². The Morgan fingerprint density at radius 1 is 1.17 bits per heavy atom. The van der Waals surface area contributed by atoms with Crippen molar-refractivity contribution in [3.63, 3.8) is 0 Å². The van der Waals surface area contributed by atoms with Gasteiger partial charge < -0.3 is 0 Å². The number of carbonyl (C=O) groups is 2. The van der Waals surface area contributed by atoms with Gasteiger partial charge in [-0.3, -0.25) is 9.59 Å². The Balaban J connectivity index is 2.02. The first-order valence-electron chi connectivity index (χ1n) is 5.83. The Morgan fingerprint density at radius 2 is 1.78 bits per heavy atom. The maximum absolute atomic E-state index is 12.3. The van der Waals surface area contributed by atoms with Crippen molar-refractivity contribution in [2.75, 3.05) is 4.90 Å². The molecule has 2 amide bonds. The van der Waals surface area contributed by atoms with Gasteiger partial charge in [-0.1, -0.05) is 23.8 Å². The molecule has 5 heteroatoms. The van der Waals surface area contributed by atoms with Crippen LogP contribution in [0.25, 0.3) is 0 Å². The lowest BCUT2D eigenvalue weighted by molar-refractivity contribution is -0.122. The number of hydrogen-bond acceptors (Lipinski definition) is 3. The molecule has 0 saturated carbocycles. The molecule has 2 aliphatic rings. The summed E-state index contributed by atoms with van der Waals surface area (Å²) in [4.78, 5) is 29.7. The lowest BCUT2D eigenvalue weighted by Crippen LogP contribution is -2.31. The molecule has 0 radical (unpaired) electrons. The van der Waals surface area contributed by atoms with E-state index in [4.69, 9.17) is 11.6 Å². The minimum Gasteiger partial charge on any atom is -0.274 e. The van der Waals surface area contributed by atoms with Crippen LogP contribution < -0.4 is 4.90 Å². The fraction of sp³-hybridized carbons (Fsp3) is 0.308. The molecule has 0 N–H and O–H groups in total. The van der Waals surface area contributed by atoms with E-state index in [1.807, 2.05) is 12.2 Å². The monoisotopic (exact) mass is 262 g/mol. The quantitative estimate of drug-likeness (QED) is 0.576. The molecule has 1 aliphatic heterocycles. The summed E-state index contributed by atoms with van der Waals surface area (Å²) in [6.07, 6.45) is 6.68. The normalized spacial score (nSPS) is 26.6. The third-order valence-corrected chi connectivity index (χ3v) is 3.75. The Bertz CT molecular complexity index is 530. The van der Waals surface area contributed by atoms with Crippen molar-refractivity contribution in [2.45, 2.75) is 12.8 Å². The molecular weight excluding hydrogens is 252 g/mol. The zero-order chi connectivity index (χ0) is 12.7. The van der Waals surface area contributed by atoms with Crippen LogP contribution in [0.15, 0.2) is 30.5 Å². The number of pyridine rings is 1. The molecule has 1 saturated heterocycles. The first-order valence-corrected chi connectivity index (χ1v) is 6.21. The molecule has 92 valence electrons. The lowest BCUT2D eigenvalue weighted by atomic mass is 9.85. The molecule has 3 rings (SSSR count). The molecule has 2 heterocycles. The number of amides is 2. The van der Waals surface area contributed by atoms with Gasteiger partial charge in [-0.15, -0.1) is 0 Å². The van der Waals surface area contributed by atoms with Crippen LogP contribution in [0, 0.1) is 11.8 Å². The average Bonchev–Trinajstić information content (AvgIpc) is 2.64. The lowest BCUT2D eigenvalue weighted by Gasteiger charge is -2.14. The number of aromatic nitrogens is 1. The van der Waals surface area contributed by atoms with Crippen LogP contribution in [-0.4, -0.2) is 16.8 Å². The highest BCUT2D eigenvalue weighted by atomic mass is 35.5. The van der Waals surface area contributed by atoms with Crippen LogP contribution in [0.5, 0.6) is 0 Å². The molecule has 4 nitrogen and oxygen atoms in total. The van der Waals surface area contributed by atoms with Crippen LogP contribution in [0.4, 0.5) is 5.82 Å². The Labute approximate surface area is 109 Å². The second kappa shape index (κ2) is 4.21. The number of fused-ring (bicyclic) bond motifs is 1. The largest absolute Gasteiger partial charge is 0.274 e. The highest BCUT2D eigenvalue weighted by Crippen LogP contribution is 2.38. The summed E-state index contributed by atoms with van der Waals surface area (Å²) < 4.78 is 0. The average molecular weight is 263 g/mol. The molecule has 2 atom stereocenters. The van der Waals surface area contributed by atoms with Gasteiger partial charge in [-0.05, 0) is 25.0 Å². The second-order valence-corrected chi connectivity index (χ2v) is 4.88. The molecule has 1 aliphatic carbocycles. The van der Waals surface area contributed by atoms with Crippen molar-refractivity contribution in [1.82, 2.24) is 4.98 Å². The highest BCUT2D eigenvalue weighted by Gasteiger charge is 2.48. The van der Waals surface area contributed by atoms with E-state index in [1.165, 1.54) is 6.20 Å². The number of nitrogens with zero attached hydrogens (tertiary/aromatic N) is 2. The van der Waals surface area contributed by atoms with Gasteiger partial charge in [-0.2, -0.15) is 0 Å². The van der Waals surface area contributed by atoms with Gasteiger partial charge in [0, 0.05) is 6.20 Å². The predicted octanol–water partition coefficient (Wildman–Crippen LogP) is 2.19. The van der Waals surface area contributed by atoms with Crippen LogP contribution in [0.3, 0.4) is 0 Å². The van der Waals surface area contributed by atoms with E-state index >= 15 is 0 Å². The first kappa shape index (κ1) is 11.4. The Hall–Kier alpha value is -1.68. The van der Waals surface area contributed by atoms with Gasteiger partial charge in [0.1, 0.15) is 0 Å². The number of halogens is 1. The SMILES string of the molecule is O=C1[C@H]2CC=CC[C@H]2C(=O)N1c1ncccc1Cl. The Morgan fingerprint density at radius 3 is 2.33 bits per heavy atom. The smallest absolute Gasteiger partial charge is 0.239 e. The fourth-order valence-corrected chi connectivity index (χ4v) is 2.76. The van der Waals surface area contributed by atoms with Crippen molar-refractivity contribution in [3.05, 3.63) is 35.5 Å². The summed E-state index contributed by atoms with van der Waals surface area (Å²) in [5.74, 6) is -0.616. The topological polar surface area (TPSA) is 50.3 Å². The van der Waals surface area contributed by atoms with Gasteiger partial charge in [0.2, 0.25) is 11.8 Å². The second-order valence-electron chi connectivity index (χ2n) is 4.48. The van der Waals surface area contributed by atoms with Crippen LogP contribution in [0.2, 0.25) is 5.02 Å². The van der Waals surface area contributed by atoms with Gasteiger partial charge in [0.25, 0.3) is 0 Å². The van der Waals surface area contributed by atoms with Gasteiger partial charge >= 0.3 is 0 Å². The number of hydrogen-bond donors (Lipinski definition) is 0. The molecular formula is C13H11ClN2O2. The molecule has 0 unspecified atom stereocenters. The number of rotatable bonds is 1. The van der Waals surface area contributed by atoms with Crippen molar-refractivity contribution in [1.29, 1.82) is 0 Å². The number of anilines is 1. The fourth-order valence-electron chi connectivity index (χ4n) is 2.55. The van der Waals surface area contributed by atoms with E-state index in [1.54, 1.807) is 12.1 Å². The van der Waals surface area contributed by atoms with Gasteiger partial charge in [-0.25, -0.2) is 9.88 Å². The summed E-state index contributed by atoms with van der Waals surface area (Å²) in [5, 5.41) is 0.325. The van der Waals surface area contributed by atoms with E-state index in [2.05, 4.69) is 4.98 Å². The molecule has 18 heavy (non-hydrogen) atoms. The number of imide groups is 1. The number of carbonyl (C=O) groups excluding carboxylic acids is 2. The summed E-state index contributed by atoms with van der Waals surface area (Å²) in [6.45, 7) is 0. The maximum atomic E-state index is 12.3. The molecule has 1 aromatic rings. The minimum atomic E-state index is -0.249. The van der Waals surface area contributed by atoms with E-state index in [0.29, 0.717) is 17.9 Å². The van der Waals surface area contributed by atoms with Gasteiger partial charge in [0.05, 0.1) is 16.9 Å². The third-order valence-electron chi connectivity index (χ3n) is 3.46. The standard InChI is InChI=1S/C13H11ClN2O2/c14-10-6-3-7-15-11(10)16-12(17)8-4-1-2-5-9(8)13(16)18/h1-3,6-9H,4-5H2/t8-,9+. The van der Waals surface area contributed by atoms with Crippen molar-refractivity contribution >= 4 is 29.2 Å².